The highest BCUT2D eigenvalue weighted by atomic mass is 16.5. The summed E-state index contributed by atoms with van der Waals surface area (Å²) in [5.74, 6) is 4.11. The van der Waals surface area contributed by atoms with Gasteiger partial charge in [0.25, 0.3) is 0 Å². The molecule has 1 N–H and O–H groups in total. The van der Waals surface area contributed by atoms with E-state index in [9.17, 15) is 4.79 Å². The van der Waals surface area contributed by atoms with Gasteiger partial charge in [0, 0.05) is 18.9 Å². The summed E-state index contributed by atoms with van der Waals surface area (Å²) in [7, 11) is 1.97. The van der Waals surface area contributed by atoms with E-state index in [2.05, 4.69) is 20.8 Å². The van der Waals surface area contributed by atoms with Gasteiger partial charge < -0.3 is 9.84 Å². The van der Waals surface area contributed by atoms with E-state index in [0.29, 0.717) is 40.6 Å². The molecule has 0 aromatic carbocycles. The molecule has 158 valence electrons. The van der Waals surface area contributed by atoms with Crippen LogP contribution in [0.5, 0.6) is 0 Å². The van der Waals surface area contributed by atoms with E-state index in [-0.39, 0.29) is 0 Å². The maximum absolute atomic E-state index is 11.1. The minimum Gasteiger partial charge on any atom is -0.481 e. The van der Waals surface area contributed by atoms with E-state index in [1.54, 1.807) is 0 Å². The van der Waals surface area contributed by atoms with Gasteiger partial charge in [0.05, 0.1) is 6.10 Å². The molecule has 0 amide bonds. The molecule has 5 fully saturated rings. The van der Waals surface area contributed by atoms with Crippen LogP contribution in [0.3, 0.4) is 0 Å². The smallest absolute Gasteiger partial charge is 0.303 e. The number of hydrogen-bond acceptors (Lipinski definition) is 2. The summed E-state index contributed by atoms with van der Waals surface area (Å²) >= 11 is 0. The third-order valence-corrected chi connectivity index (χ3v) is 11.4. The van der Waals surface area contributed by atoms with Crippen molar-refractivity contribution >= 4 is 5.97 Å². The summed E-state index contributed by atoms with van der Waals surface area (Å²) in [6.07, 6.45) is 12.7. The summed E-state index contributed by atoms with van der Waals surface area (Å²) in [5, 5.41) is 9.14. The first kappa shape index (κ1) is 19.4. The number of hydrogen-bond donors (Lipinski definition) is 1. The van der Waals surface area contributed by atoms with Crippen LogP contribution in [0.2, 0.25) is 0 Å². The first-order valence-electron chi connectivity index (χ1n) is 12.0. The van der Waals surface area contributed by atoms with Crippen LogP contribution in [-0.2, 0) is 9.53 Å². The number of aliphatic carboxylic acids is 1. The molecule has 0 saturated heterocycles. The fourth-order valence-electron chi connectivity index (χ4n) is 10.1. The molecule has 5 aliphatic carbocycles. The number of methoxy groups -OCH3 is 1. The maximum atomic E-state index is 11.1. The number of carbonyl (C=O) groups is 1. The van der Waals surface area contributed by atoms with Crippen LogP contribution in [0.25, 0.3) is 0 Å². The second-order valence-corrected chi connectivity index (χ2v) is 11.9. The second kappa shape index (κ2) is 6.22. The van der Waals surface area contributed by atoms with Crippen LogP contribution in [0.15, 0.2) is 0 Å². The third kappa shape index (κ3) is 2.29. The lowest BCUT2D eigenvalue weighted by Crippen LogP contribution is -2.57. The van der Waals surface area contributed by atoms with E-state index in [4.69, 9.17) is 9.84 Å². The van der Waals surface area contributed by atoms with Gasteiger partial charge in [-0.05, 0) is 104 Å². The Morgan fingerprint density at radius 2 is 1.93 bits per heavy atom. The Hall–Kier alpha value is -0.570. The van der Waals surface area contributed by atoms with Gasteiger partial charge in [-0.1, -0.05) is 20.8 Å². The SMILES string of the molecule is CO[C@@H]1CC2C3CCC([C@H](C)CCC(=O)O)[C@@]3(C)CCC2[C@@]2(C)CCC3C[C@]312. The number of carboxylic acids is 1. The summed E-state index contributed by atoms with van der Waals surface area (Å²) in [6.45, 7) is 7.55. The molecular weight excluding hydrogens is 348 g/mol. The Balaban J connectivity index is 1.40. The highest BCUT2D eigenvalue weighted by molar-refractivity contribution is 5.66. The molecule has 0 aromatic heterocycles. The van der Waals surface area contributed by atoms with Gasteiger partial charge in [0.1, 0.15) is 0 Å². The molecule has 0 heterocycles. The zero-order valence-corrected chi connectivity index (χ0v) is 18.4. The van der Waals surface area contributed by atoms with Gasteiger partial charge in [-0.3, -0.25) is 4.79 Å². The van der Waals surface area contributed by atoms with Crippen molar-refractivity contribution in [3.05, 3.63) is 0 Å². The Kier molecular flexibility index (Phi) is 4.31. The lowest BCUT2D eigenvalue weighted by atomic mass is 9.45. The Bertz CT molecular complexity index is 660. The molecule has 5 saturated carbocycles. The lowest BCUT2D eigenvalue weighted by molar-refractivity contribution is -0.161. The Morgan fingerprint density at radius 3 is 2.61 bits per heavy atom. The van der Waals surface area contributed by atoms with Crippen molar-refractivity contribution in [2.75, 3.05) is 7.11 Å². The molecule has 5 unspecified atom stereocenters. The molecule has 5 aliphatic rings. The number of carboxylic acid groups (broad SMARTS) is 1. The molecule has 0 aromatic rings. The predicted octanol–water partition coefficient (Wildman–Crippen LogP) is 5.77. The van der Waals surface area contributed by atoms with Crippen LogP contribution < -0.4 is 0 Å². The summed E-state index contributed by atoms with van der Waals surface area (Å²) < 4.78 is 6.22. The Labute approximate surface area is 171 Å². The zero-order chi connectivity index (χ0) is 19.9. The molecule has 0 radical (unpaired) electrons. The van der Waals surface area contributed by atoms with Crippen LogP contribution in [-0.4, -0.2) is 24.3 Å². The van der Waals surface area contributed by atoms with Crippen molar-refractivity contribution < 1.29 is 14.6 Å². The molecule has 3 nitrogen and oxygen atoms in total. The van der Waals surface area contributed by atoms with Gasteiger partial charge in [-0.15, -0.1) is 0 Å². The number of rotatable bonds is 5. The minimum absolute atomic E-state index is 0.332. The van der Waals surface area contributed by atoms with Gasteiger partial charge in [-0.25, -0.2) is 0 Å². The van der Waals surface area contributed by atoms with Crippen molar-refractivity contribution in [2.45, 2.75) is 91.1 Å². The van der Waals surface area contributed by atoms with E-state index in [0.717, 1.165) is 30.1 Å². The first-order valence-corrected chi connectivity index (χ1v) is 12.0. The lowest BCUT2D eigenvalue weighted by Gasteiger charge is -2.61. The summed E-state index contributed by atoms with van der Waals surface area (Å²) in [4.78, 5) is 11.1. The summed E-state index contributed by atoms with van der Waals surface area (Å²) in [6, 6.07) is 0. The molecule has 5 rings (SSSR count). The fraction of sp³-hybridized carbons (Fsp3) is 0.960. The second-order valence-electron chi connectivity index (χ2n) is 11.9. The first-order chi connectivity index (χ1) is 13.3. The zero-order valence-electron chi connectivity index (χ0n) is 18.4. The van der Waals surface area contributed by atoms with Gasteiger partial charge in [-0.2, -0.15) is 0 Å². The van der Waals surface area contributed by atoms with E-state index >= 15 is 0 Å². The van der Waals surface area contributed by atoms with Crippen LogP contribution in [0.4, 0.5) is 0 Å². The van der Waals surface area contributed by atoms with Crippen LogP contribution in [0, 0.1) is 51.8 Å². The fourth-order valence-corrected chi connectivity index (χ4v) is 10.1. The topological polar surface area (TPSA) is 46.5 Å². The van der Waals surface area contributed by atoms with Crippen LogP contribution in [0.1, 0.15) is 85.0 Å². The van der Waals surface area contributed by atoms with Crippen LogP contribution >= 0.6 is 0 Å². The van der Waals surface area contributed by atoms with Gasteiger partial charge in [0.2, 0.25) is 0 Å². The minimum atomic E-state index is -0.635. The molecule has 1 spiro atoms. The maximum Gasteiger partial charge on any atom is 0.303 e. The van der Waals surface area contributed by atoms with E-state index < -0.39 is 5.97 Å². The normalized spacial score (nSPS) is 55.0. The third-order valence-electron chi connectivity index (χ3n) is 11.4. The van der Waals surface area contributed by atoms with E-state index in [1.165, 1.54) is 51.4 Å². The standard InChI is InChI=1S/C25H40O3/c1-15(5-8-22(26)27)18-6-7-19-17-13-21(28-4)25-14-16(25)9-12-24(25,3)20(17)10-11-23(18,19)2/h15-21H,5-14H2,1-4H3,(H,26,27)/t15-,16?,17?,18?,19?,20?,21-,23-,24-,25+/m1/s1. The highest BCUT2D eigenvalue weighted by Gasteiger charge is 2.77. The summed E-state index contributed by atoms with van der Waals surface area (Å²) in [5.41, 5.74) is 1.44. The van der Waals surface area contributed by atoms with Crippen molar-refractivity contribution in [2.24, 2.45) is 51.8 Å². The van der Waals surface area contributed by atoms with E-state index in [1.807, 2.05) is 7.11 Å². The molecular formula is C25H40O3. The molecule has 0 bridgehead atoms. The largest absolute Gasteiger partial charge is 0.481 e. The average molecular weight is 389 g/mol. The van der Waals surface area contributed by atoms with Gasteiger partial charge >= 0.3 is 5.97 Å². The predicted molar refractivity (Wildman–Crippen MR) is 110 cm³/mol. The van der Waals surface area contributed by atoms with Crippen molar-refractivity contribution in [1.29, 1.82) is 0 Å². The average Bonchev–Trinajstić information content (AvgIpc) is 3.16. The monoisotopic (exact) mass is 388 g/mol. The van der Waals surface area contributed by atoms with Crippen molar-refractivity contribution in [3.8, 4) is 0 Å². The number of ether oxygens (including phenoxy) is 1. The molecule has 10 atom stereocenters. The molecule has 28 heavy (non-hydrogen) atoms. The molecule has 3 heteroatoms. The quantitative estimate of drug-likeness (QED) is 0.650. The van der Waals surface area contributed by atoms with Crippen molar-refractivity contribution in [1.82, 2.24) is 0 Å². The number of fused-ring (bicyclic) bond motifs is 4. The Morgan fingerprint density at radius 1 is 1.14 bits per heavy atom. The van der Waals surface area contributed by atoms with Crippen molar-refractivity contribution in [3.63, 3.8) is 0 Å². The highest BCUT2D eigenvalue weighted by Crippen LogP contribution is 2.82. The molecule has 0 aliphatic heterocycles. The van der Waals surface area contributed by atoms with Gasteiger partial charge in [0.15, 0.2) is 0 Å².